The van der Waals surface area contributed by atoms with Gasteiger partial charge in [0, 0.05) is 0 Å². The zero-order valence-corrected chi connectivity index (χ0v) is 7.95. The van der Waals surface area contributed by atoms with Crippen molar-refractivity contribution in [1.29, 1.82) is 0 Å². The summed E-state index contributed by atoms with van der Waals surface area (Å²) in [5, 5.41) is 8.73. The Bertz CT molecular complexity index is 571. The van der Waals surface area contributed by atoms with E-state index < -0.39 is 22.1 Å². The van der Waals surface area contributed by atoms with E-state index in [1.54, 1.807) is 0 Å². The Morgan fingerprint density at radius 3 is 2.60 bits per heavy atom. The van der Waals surface area contributed by atoms with Crippen molar-refractivity contribution >= 4 is 22.1 Å². The summed E-state index contributed by atoms with van der Waals surface area (Å²) in [5.41, 5.74) is -0.647. The van der Waals surface area contributed by atoms with Gasteiger partial charge in [-0.2, -0.15) is 8.42 Å². The van der Waals surface area contributed by atoms with Crippen molar-refractivity contribution in [2.24, 2.45) is 0 Å². The van der Waals surface area contributed by atoms with Gasteiger partial charge in [-0.05, 0) is 18.2 Å². The van der Waals surface area contributed by atoms with Crippen LogP contribution in [0.4, 0.5) is 0 Å². The van der Waals surface area contributed by atoms with Gasteiger partial charge in [0.25, 0.3) is 0 Å². The summed E-state index contributed by atoms with van der Waals surface area (Å²) >= 11 is 0. The Labute approximate surface area is 84.2 Å². The fourth-order valence-electron chi connectivity index (χ4n) is 1.23. The van der Waals surface area contributed by atoms with Gasteiger partial charge in [-0.1, -0.05) is 0 Å². The maximum Gasteiger partial charge on any atom is 0.354 e. The van der Waals surface area contributed by atoms with E-state index in [0.717, 1.165) is 18.2 Å². The second kappa shape index (κ2) is 2.80. The summed E-state index contributed by atoms with van der Waals surface area (Å²) in [5.74, 6) is -2.55. The van der Waals surface area contributed by atoms with Gasteiger partial charge in [-0.15, -0.1) is 0 Å². The van der Waals surface area contributed by atoms with Crippen LogP contribution in [0.15, 0.2) is 23.1 Å². The molecule has 1 aromatic rings. The van der Waals surface area contributed by atoms with Crippen LogP contribution in [-0.4, -0.2) is 25.5 Å². The number of carbonyl (C=O) groups excluding carboxylic acids is 1. The molecule has 2 aliphatic heterocycles. The van der Waals surface area contributed by atoms with Crippen LogP contribution in [0.2, 0.25) is 0 Å². The Hall–Kier alpha value is -1.89. The molecule has 0 unspecified atom stereocenters. The van der Waals surface area contributed by atoms with E-state index in [0.29, 0.717) is 0 Å². The molecule has 1 aromatic carbocycles. The van der Waals surface area contributed by atoms with Crippen LogP contribution in [0, 0.1) is 0 Å². The topological polar surface area (TPSA) is 97.7 Å². The molecule has 7 heteroatoms. The van der Waals surface area contributed by atoms with E-state index in [9.17, 15) is 18.0 Å². The number of fused-ring (bicyclic) bond motifs is 4. The lowest BCUT2D eigenvalue weighted by atomic mass is 10.1. The van der Waals surface area contributed by atoms with Crippen molar-refractivity contribution in [1.82, 2.24) is 0 Å². The summed E-state index contributed by atoms with van der Waals surface area (Å²) in [4.78, 5) is 21.6. The van der Waals surface area contributed by atoms with E-state index >= 15 is 0 Å². The molecule has 0 aliphatic carbocycles. The van der Waals surface area contributed by atoms with Crippen LogP contribution < -0.4 is 0 Å². The minimum atomic E-state index is -4.16. The zero-order chi connectivity index (χ0) is 11.2. The number of benzene rings is 1. The standard InChI is InChI=1S/C8H4O6S/c9-7(10)6-3-4-1-2-5(6)8(11)14-15(4,12)13/h1-3H,(H,9,10). The molecular formula is C8H4O6S. The number of carboxylic acids is 1. The van der Waals surface area contributed by atoms with Gasteiger partial charge in [0.2, 0.25) is 0 Å². The third-order valence-electron chi connectivity index (χ3n) is 1.92. The molecule has 0 aromatic heterocycles. The van der Waals surface area contributed by atoms with Crippen LogP contribution in [0.25, 0.3) is 0 Å². The van der Waals surface area contributed by atoms with Crippen LogP contribution in [0.1, 0.15) is 20.7 Å². The number of hydrogen-bond donors (Lipinski definition) is 1. The number of carboxylic acid groups (broad SMARTS) is 1. The molecule has 0 saturated heterocycles. The average molecular weight is 228 g/mol. The predicted molar refractivity (Wildman–Crippen MR) is 46.0 cm³/mol. The number of aromatic carboxylic acids is 1. The van der Waals surface area contributed by atoms with Crippen molar-refractivity contribution < 1.29 is 27.3 Å². The fourth-order valence-corrected chi connectivity index (χ4v) is 2.11. The highest BCUT2D eigenvalue weighted by atomic mass is 32.2. The maximum absolute atomic E-state index is 11.3. The second-order valence-corrected chi connectivity index (χ2v) is 4.38. The molecule has 0 fully saturated rings. The predicted octanol–water partition coefficient (Wildman–Crippen LogP) is 0.244. The molecule has 3 rings (SSSR count). The third-order valence-corrected chi connectivity index (χ3v) is 3.12. The quantitative estimate of drug-likeness (QED) is 0.691. The van der Waals surface area contributed by atoms with Crippen molar-refractivity contribution in [3.05, 3.63) is 29.3 Å². The highest BCUT2D eigenvalue weighted by Gasteiger charge is 2.31. The van der Waals surface area contributed by atoms with Crippen LogP contribution >= 0.6 is 0 Å². The molecule has 2 bridgehead atoms. The molecule has 0 radical (unpaired) electrons. The molecule has 0 spiro atoms. The van der Waals surface area contributed by atoms with Gasteiger partial charge in [-0.3, -0.25) is 0 Å². The average Bonchev–Trinajstić information content (AvgIpc) is 2.30. The van der Waals surface area contributed by atoms with Gasteiger partial charge >= 0.3 is 22.1 Å². The van der Waals surface area contributed by atoms with Gasteiger partial charge < -0.3 is 9.29 Å². The summed E-state index contributed by atoms with van der Waals surface area (Å²) < 4.78 is 26.7. The maximum atomic E-state index is 11.3. The number of rotatable bonds is 1. The molecular weight excluding hydrogens is 224 g/mol. The Morgan fingerprint density at radius 2 is 2.00 bits per heavy atom. The largest absolute Gasteiger partial charge is 0.478 e. The number of carbonyl (C=O) groups is 2. The number of hydrogen-bond acceptors (Lipinski definition) is 5. The SMILES string of the molecule is O=C(O)c1cc2ccc1C(=O)OS2(=O)=O. The molecule has 15 heavy (non-hydrogen) atoms. The van der Waals surface area contributed by atoms with E-state index in [-0.39, 0.29) is 16.0 Å². The Morgan fingerprint density at radius 1 is 1.33 bits per heavy atom. The lowest BCUT2D eigenvalue weighted by Gasteiger charge is -1.97. The smallest absolute Gasteiger partial charge is 0.354 e. The highest BCUT2D eigenvalue weighted by molar-refractivity contribution is 7.87. The van der Waals surface area contributed by atoms with Crippen LogP contribution in [-0.2, 0) is 14.3 Å². The summed E-state index contributed by atoms with van der Waals surface area (Å²) in [6, 6.07) is 3.14. The molecule has 1 N–H and O–H groups in total. The summed E-state index contributed by atoms with van der Waals surface area (Å²) in [6.45, 7) is 0. The van der Waals surface area contributed by atoms with Crippen LogP contribution in [0.5, 0.6) is 0 Å². The molecule has 2 aliphatic rings. The first-order chi connectivity index (χ1) is 6.92. The van der Waals surface area contributed by atoms with Gasteiger partial charge in [0.15, 0.2) is 0 Å². The summed E-state index contributed by atoms with van der Waals surface area (Å²) in [6.07, 6.45) is 0. The Balaban J connectivity index is 2.82. The van der Waals surface area contributed by atoms with Gasteiger partial charge in [0.05, 0.1) is 11.1 Å². The van der Waals surface area contributed by atoms with E-state index in [4.69, 9.17) is 5.11 Å². The molecule has 0 atom stereocenters. The minimum absolute atomic E-state index is 0.271. The third kappa shape index (κ3) is 1.37. The van der Waals surface area contributed by atoms with Crippen molar-refractivity contribution in [3.63, 3.8) is 0 Å². The minimum Gasteiger partial charge on any atom is -0.478 e. The van der Waals surface area contributed by atoms with Gasteiger partial charge in [-0.25, -0.2) is 9.59 Å². The second-order valence-electron chi connectivity index (χ2n) is 2.84. The van der Waals surface area contributed by atoms with E-state index in [1.165, 1.54) is 0 Å². The van der Waals surface area contributed by atoms with Crippen LogP contribution in [0.3, 0.4) is 0 Å². The van der Waals surface area contributed by atoms with Gasteiger partial charge in [0.1, 0.15) is 4.90 Å². The molecule has 0 saturated carbocycles. The molecule has 6 nitrogen and oxygen atoms in total. The Kier molecular flexibility index (Phi) is 1.80. The lowest BCUT2D eigenvalue weighted by Crippen LogP contribution is -2.10. The van der Waals surface area contributed by atoms with E-state index in [1.807, 2.05) is 0 Å². The van der Waals surface area contributed by atoms with E-state index in [2.05, 4.69) is 4.18 Å². The monoisotopic (exact) mass is 228 g/mol. The molecule has 0 amide bonds. The normalized spacial score (nSPS) is 16.9. The first kappa shape index (κ1) is 9.66. The van der Waals surface area contributed by atoms with Crippen molar-refractivity contribution in [2.75, 3.05) is 0 Å². The lowest BCUT2D eigenvalue weighted by molar-refractivity contribution is 0.0673. The van der Waals surface area contributed by atoms with Crippen molar-refractivity contribution in [2.45, 2.75) is 4.90 Å². The molecule has 2 heterocycles. The van der Waals surface area contributed by atoms with Crippen molar-refractivity contribution in [3.8, 4) is 0 Å². The fraction of sp³-hybridized carbons (Fsp3) is 0. The highest BCUT2D eigenvalue weighted by Crippen LogP contribution is 2.24. The first-order valence-electron chi connectivity index (χ1n) is 3.78. The summed E-state index contributed by atoms with van der Waals surface area (Å²) in [7, 11) is -4.16. The molecule has 78 valence electrons. The first-order valence-corrected chi connectivity index (χ1v) is 5.19. The zero-order valence-electron chi connectivity index (χ0n) is 7.13.